The van der Waals surface area contributed by atoms with E-state index in [1.54, 1.807) is 0 Å². The number of hydrogen-bond acceptors (Lipinski definition) is 7. The van der Waals surface area contributed by atoms with E-state index in [2.05, 4.69) is 36.1 Å². The van der Waals surface area contributed by atoms with Crippen molar-refractivity contribution in [2.24, 2.45) is 5.92 Å². The molecule has 4 rings (SSSR count). The number of benzene rings is 1. The molecule has 2 aromatic rings. The van der Waals surface area contributed by atoms with Crippen molar-refractivity contribution in [3.8, 4) is 0 Å². The van der Waals surface area contributed by atoms with E-state index >= 15 is 0 Å². The van der Waals surface area contributed by atoms with Gasteiger partial charge >= 0.3 is 12.7 Å². The molecule has 6 atom stereocenters. The van der Waals surface area contributed by atoms with E-state index in [4.69, 9.17) is 9.31 Å². The quantitative estimate of drug-likeness (QED) is 0.492. The van der Waals surface area contributed by atoms with E-state index in [1.165, 1.54) is 18.6 Å². The molecular formula is C27H37BN4O5. The number of amides is 1. The lowest BCUT2D eigenvalue weighted by molar-refractivity contribution is -0.844. The Bertz CT molecular complexity index is 1130. The van der Waals surface area contributed by atoms with Crippen LogP contribution in [0.2, 0.25) is 5.82 Å². The van der Waals surface area contributed by atoms with Crippen molar-refractivity contribution >= 4 is 24.3 Å². The fraction of sp³-hybridized carbons (Fsp3) is 0.519. The zero-order valence-electron chi connectivity index (χ0n) is 22.3. The summed E-state index contributed by atoms with van der Waals surface area (Å²) in [5.41, 5.74) is 1.07. The van der Waals surface area contributed by atoms with Crippen LogP contribution < -0.4 is 5.32 Å². The van der Waals surface area contributed by atoms with Gasteiger partial charge in [-0.1, -0.05) is 50.6 Å². The SMILES string of the molecule is CC(C)C[C@H](CC(=O)[C@H](Cc1ccccc1)NC(=O)c1cnccn1)[B-]12OC[C@H](C)[N+]1(C)[C@H](C)C(=O)O2. The summed E-state index contributed by atoms with van der Waals surface area (Å²) in [6.07, 6.45) is 5.41. The minimum Gasteiger partial charge on any atom is -0.610 e. The summed E-state index contributed by atoms with van der Waals surface area (Å²) in [5.74, 6) is -0.944. The highest BCUT2D eigenvalue weighted by Crippen LogP contribution is 2.50. The number of Topliss-reactive ketones (excluding diaryl/α,β-unsaturated/α-hetero) is 1. The monoisotopic (exact) mass is 508 g/mol. The van der Waals surface area contributed by atoms with Gasteiger partial charge in [-0.15, -0.1) is 0 Å². The minimum absolute atomic E-state index is 0.0580. The first-order chi connectivity index (χ1) is 17.6. The molecular weight excluding hydrogens is 471 g/mol. The highest BCUT2D eigenvalue weighted by atomic mass is 16.7. The molecule has 0 bridgehead atoms. The topological polar surface area (TPSA) is 107 Å². The Morgan fingerprint density at radius 3 is 2.57 bits per heavy atom. The number of nitrogens with one attached hydrogen (secondary N) is 1. The molecule has 0 saturated carbocycles. The summed E-state index contributed by atoms with van der Waals surface area (Å²) in [5, 5.41) is 2.89. The van der Waals surface area contributed by atoms with Crippen LogP contribution in [0.25, 0.3) is 0 Å². The summed E-state index contributed by atoms with van der Waals surface area (Å²) >= 11 is 0. The van der Waals surface area contributed by atoms with Gasteiger partial charge in [-0.2, -0.15) is 0 Å². The number of rotatable bonds is 10. The van der Waals surface area contributed by atoms with E-state index in [0.717, 1.165) is 5.56 Å². The van der Waals surface area contributed by atoms with Crippen molar-refractivity contribution in [2.75, 3.05) is 13.7 Å². The Kier molecular flexibility index (Phi) is 7.80. The van der Waals surface area contributed by atoms with Crippen molar-refractivity contribution < 1.29 is 28.1 Å². The highest BCUT2D eigenvalue weighted by Gasteiger charge is 2.70. The van der Waals surface area contributed by atoms with Crippen LogP contribution in [0.1, 0.15) is 56.6 Å². The zero-order valence-corrected chi connectivity index (χ0v) is 22.3. The molecule has 0 aliphatic carbocycles. The summed E-state index contributed by atoms with van der Waals surface area (Å²) in [7, 11) is 2.02. The Labute approximate surface area is 218 Å². The molecule has 0 radical (unpaired) electrons. The molecule has 1 aromatic carbocycles. The van der Waals surface area contributed by atoms with Crippen molar-refractivity contribution in [3.05, 3.63) is 60.2 Å². The lowest BCUT2D eigenvalue weighted by Crippen LogP contribution is -2.68. The molecule has 2 fully saturated rings. The first-order valence-electron chi connectivity index (χ1n) is 13.1. The van der Waals surface area contributed by atoms with Crippen LogP contribution in [0.5, 0.6) is 0 Å². The molecule has 198 valence electrons. The van der Waals surface area contributed by atoms with Gasteiger partial charge in [0, 0.05) is 19.4 Å². The summed E-state index contributed by atoms with van der Waals surface area (Å²) < 4.78 is 12.8. The predicted molar refractivity (Wildman–Crippen MR) is 139 cm³/mol. The third-order valence-electron chi connectivity index (χ3n) is 8.37. The number of nitrogens with zero attached hydrogens (tertiary/aromatic N) is 3. The van der Waals surface area contributed by atoms with Gasteiger partial charge < -0.3 is 19.0 Å². The van der Waals surface area contributed by atoms with E-state index in [0.29, 0.717) is 23.8 Å². The minimum atomic E-state index is -2.11. The van der Waals surface area contributed by atoms with E-state index in [1.807, 2.05) is 44.3 Å². The van der Waals surface area contributed by atoms with Gasteiger partial charge in [0.2, 0.25) is 0 Å². The lowest BCUT2D eigenvalue weighted by Gasteiger charge is -2.51. The molecule has 2 aliphatic rings. The molecule has 3 heterocycles. The Morgan fingerprint density at radius 1 is 1.19 bits per heavy atom. The Hall–Kier alpha value is -3.11. The van der Waals surface area contributed by atoms with Crippen LogP contribution in [0.4, 0.5) is 0 Å². The van der Waals surface area contributed by atoms with Gasteiger partial charge in [0.25, 0.3) is 5.91 Å². The van der Waals surface area contributed by atoms with Gasteiger partial charge in [-0.3, -0.25) is 14.6 Å². The van der Waals surface area contributed by atoms with Crippen LogP contribution in [-0.2, 0) is 25.3 Å². The molecule has 2 unspecified atom stereocenters. The normalized spacial score (nSPS) is 28.4. The molecule has 9 nitrogen and oxygen atoms in total. The Balaban J connectivity index is 1.64. The molecule has 2 aliphatic heterocycles. The van der Waals surface area contributed by atoms with Crippen molar-refractivity contribution in [1.29, 1.82) is 0 Å². The average Bonchev–Trinajstić information content (AvgIpc) is 3.25. The fourth-order valence-electron chi connectivity index (χ4n) is 6.13. The highest BCUT2D eigenvalue weighted by molar-refractivity contribution is 6.65. The summed E-state index contributed by atoms with van der Waals surface area (Å²) in [4.78, 5) is 47.8. The molecule has 1 N–H and O–H groups in total. The number of carbonyl (C=O) groups excluding carboxylic acids is 3. The summed E-state index contributed by atoms with van der Waals surface area (Å²) in [6.45, 7) is 6.48. The van der Waals surface area contributed by atoms with Gasteiger partial charge in [0.15, 0.2) is 5.78 Å². The smallest absolute Gasteiger partial charge is 0.531 e. The van der Waals surface area contributed by atoms with Crippen molar-refractivity contribution in [2.45, 2.75) is 70.9 Å². The maximum atomic E-state index is 14.0. The van der Waals surface area contributed by atoms with Gasteiger partial charge in [-0.25, -0.2) is 9.78 Å². The first-order valence-corrected chi connectivity index (χ1v) is 13.1. The molecule has 1 aromatic heterocycles. The van der Waals surface area contributed by atoms with Crippen molar-refractivity contribution in [3.63, 3.8) is 0 Å². The Morgan fingerprint density at radius 2 is 1.92 bits per heavy atom. The van der Waals surface area contributed by atoms with Crippen LogP contribution in [0.3, 0.4) is 0 Å². The summed E-state index contributed by atoms with van der Waals surface area (Å²) in [6, 6.07) is 8.47. The molecule has 1 amide bonds. The standard InChI is InChI=1S/C27H37BN4O5/c1-18(2)13-22(28-32(5,19(3)17-36-28)20(4)27(35)37-28)15-25(33)23(14-21-9-7-6-8-10-21)31-26(34)24-16-29-11-12-30-24/h6-12,16,18-20,22-23H,13-15,17H2,1-5H3,(H,31,34)/t19-,20+,22+,23-,28?,32?/m0/s1. The number of ketones is 1. The number of likely N-dealkylation sites (N-methyl/N-ethyl adjacent to an activating group) is 1. The number of quaternary nitrogens is 1. The first kappa shape index (κ1) is 26.9. The van der Waals surface area contributed by atoms with E-state index < -0.39 is 18.6 Å². The number of hydrogen-bond donors (Lipinski definition) is 1. The third kappa shape index (κ3) is 5.04. The van der Waals surface area contributed by atoms with Crippen LogP contribution >= 0.6 is 0 Å². The van der Waals surface area contributed by atoms with Gasteiger partial charge in [0.1, 0.15) is 11.7 Å². The maximum Gasteiger partial charge on any atom is 0.531 e. The number of fused-ring (bicyclic) bond motifs is 1. The van der Waals surface area contributed by atoms with Gasteiger partial charge in [0.05, 0.1) is 24.9 Å². The average molecular weight is 508 g/mol. The van der Waals surface area contributed by atoms with Crippen LogP contribution in [0.15, 0.2) is 48.9 Å². The predicted octanol–water partition coefficient (Wildman–Crippen LogP) is 2.94. The number of aromatic nitrogens is 2. The van der Waals surface area contributed by atoms with E-state index in [9.17, 15) is 14.4 Å². The molecule has 0 spiro atoms. The van der Waals surface area contributed by atoms with Crippen molar-refractivity contribution in [1.82, 2.24) is 15.3 Å². The van der Waals surface area contributed by atoms with Crippen LogP contribution in [-0.4, -0.2) is 70.5 Å². The second kappa shape index (κ2) is 10.7. The fourth-order valence-corrected chi connectivity index (χ4v) is 6.13. The molecule has 2 saturated heterocycles. The molecule has 10 heteroatoms. The third-order valence-corrected chi connectivity index (χ3v) is 8.37. The van der Waals surface area contributed by atoms with Crippen LogP contribution in [0, 0.1) is 5.92 Å². The van der Waals surface area contributed by atoms with Gasteiger partial charge in [-0.05, 0) is 44.0 Å². The molecule has 37 heavy (non-hydrogen) atoms. The lowest BCUT2D eigenvalue weighted by atomic mass is 9.51. The zero-order chi connectivity index (χ0) is 26.8. The second-order valence-electron chi connectivity index (χ2n) is 11.1. The largest absolute Gasteiger partial charge is 0.610 e. The van der Waals surface area contributed by atoms with E-state index in [-0.39, 0.29) is 47.7 Å². The second-order valence-corrected chi connectivity index (χ2v) is 11.1. The maximum absolute atomic E-state index is 14.0. The number of carbonyl (C=O) groups is 3.